The fourth-order valence-corrected chi connectivity index (χ4v) is 3.40. The lowest BCUT2D eigenvalue weighted by molar-refractivity contribution is 0.0854. The lowest BCUT2D eigenvalue weighted by atomic mass is 9.86. The molecule has 0 amide bonds. The first kappa shape index (κ1) is 15.5. The van der Waals surface area contributed by atoms with E-state index in [9.17, 15) is 5.11 Å². The number of hydrogen-bond donors (Lipinski definition) is 1. The lowest BCUT2D eigenvalue weighted by Gasteiger charge is -2.34. The molecule has 1 fully saturated rings. The summed E-state index contributed by atoms with van der Waals surface area (Å²) in [6.07, 6.45) is 4.83. The molecule has 112 valence electrons. The zero-order valence-electron chi connectivity index (χ0n) is 13.4. The van der Waals surface area contributed by atoms with Crippen LogP contribution in [0, 0.1) is 19.8 Å². The maximum atomic E-state index is 10.5. The lowest BCUT2D eigenvalue weighted by Crippen LogP contribution is -2.37. The Hall–Kier alpha value is -0.860. The van der Waals surface area contributed by atoms with Gasteiger partial charge in [0.15, 0.2) is 0 Å². The minimum absolute atomic E-state index is 0.375. The average Bonchev–Trinajstić information content (AvgIpc) is 2.39. The first-order valence-electron chi connectivity index (χ1n) is 7.93. The number of aliphatic hydroxyl groups is 1. The molecule has 2 rings (SSSR count). The molecule has 0 spiro atoms. The van der Waals surface area contributed by atoms with Gasteiger partial charge in [0.05, 0.1) is 6.10 Å². The third-order valence-electron chi connectivity index (χ3n) is 4.85. The van der Waals surface area contributed by atoms with Crippen LogP contribution in [0.1, 0.15) is 55.4 Å². The van der Waals surface area contributed by atoms with Gasteiger partial charge >= 0.3 is 0 Å². The summed E-state index contributed by atoms with van der Waals surface area (Å²) in [5, 5.41) is 10.5. The number of nitrogens with zero attached hydrogens (tertiary/aromatic N) is 1. The standard InChI is InChI=1S/C18H29NO/c1-13-5-8-16(9-6-13)19(4)12-18(20)17-10-7-14(2)11-15(17)3/h7,10-11,13,16,18,20H,5-6,8-9,12H2,1-4H3. The van der Waals surface area contributed by atoms with E-state index in [4.69, 9.17) is 0 Å². The minimum Gasteiger partial charge on any atom is -0.387 e. The molecule has 1 unspecified atom stereocenters. The summed E-state index contributed by atoms with van der Waals surface area (Å²) in [7, 11) is 2.16. The quantitative estimate of drug-likeness (QED) is 0.902. The van der Waals surface area contributed by atoms with Crippen LogP contribution in [0.25, 0.3) is 0 Å². The summed E-state index contributed by atoms with van der Waals surface area (Å²) in [6, 6.07) is 6.97. The maximum absolute atomic E-state index is 10.5. The highest BCUT2D eigenvalue weighted by Gasteiger charge is 2.23. The van der Waals surface area contributed by atoms with Crippen LogP contribution in [0.5, 0.6) is 0 Å². The third-order valence-corrected chi connectivity index (χ3v) is 4.85. The van der Waals surface area contributed by atoms with E-state index in [-0.39, 0.29) is 6.10 Å². The molecule has 0 aromatic heterocycles. The highest BCUT2D eigenvalue weighted by molar-refractivity contribution is 5.32. The molecule has 0 heterocycles. The molecule has 0 radical (unpaired) electrons. The highest BCUT2D eigenvalue weighted by Crippen LogP contribution is 2.28. The topological polar surface area (TPSA) is 23.5 Å². The van der Waals surface area contributed by atoms with Crippen molar-refractivity contribution in [2.24, 2.45) is 5.92 Å². The minimum atomic E-state index is -0.375. The van der Waals surface area contributed by atoms with Crippen molar-refractivity contribution in [1.29, 1.82) is 0 Å². The van der Waals surface area contributed by atoms with Gasteiger partial charge in [-0.05, 0) is 63.6 Å². The SMILES string of the molecule is Cc1ccc(C(O)CN(C)C2CCC(C)CC2)c(C)c1. The molecule has 0 bridgehead atoms. The molecule has 1 aliphatic carbocycles. The predicted octanol–water partition coefficient (Wildman–Crippen LogP) is 3.85. The van der Waals surface area contributed by atoms with Crippen LogP contribution in [0.15, 0.2) is 18.2 Å². The van der Waals surface area contributed by atoms with E-state index < -0.39 is 0 Å². The van der Waals surface area contributed by atoms with Gasteiger partial charge in [0.2, 0.25) is 0 Å². The number of likely N-dealkylation sites (N-methyl/N-ethyl adjacent to an activating group) is 1. The molecule has 1 aliphatic rings. The van der Waals surface area contributed by atoms with Gasteiger partial charge in [-0.15, -0.1) is 0 Å². The third kappa shape index (κ3) is 3.83. The van der Waals surface area contributed by atoms with Crippen LogP contribution < -0.4 is 0 Å². The fraction of sp³-hybridized carbons (Fsp3) is 0.667. The summed E-state index contributed by atoms with van der Waals surface area (Å²) in [5.74, 6) is 0.879. The predicted molar refractivity (Wildman–Crippen MR) is 84.9 cm³/mol. The van der Waals surface area contributed by atoms with Crippen LogP contribution in [0.2, 0.25) is 0 Å². The first-order valence-corrected chi connectivity index (χ1v) is 7.93. The van der Waals surface area contributed by atoms with E-state index >= 15 is 0 Å². The Morgan fingerprint density at radius 1 is 1.20 bits per heavy atom. The van der Waals surface area contributed by atoms with Crippen molar-refractivity contribution in [2.45, 2.75) is 58.6 Å². The van der Waals surface area contributed by atoms with E-state index in [0.29, 0.717) is 6.04 Å². The molecule has 1 atom stereocenters. The molecule has 0 saturated heterocycles. The van der Waals surface area contributed by atoms with Gasteiger partial charge in [-0.3, -0.25) is 0 Å². The molecular weight excluding hydrogens is 246 g/mol. The van der Waals surface area contributed by atoms with Crippen LogP contribution in [-0.4, -0.2) is 29.6 Å². The molecule has 1 aromatic carbocycles. The van der Waals surface area contributed by atoms with Gasteiger partial charge < -0.3 is 10.0 Å². The summed E-state index contributed by atoms with van der Waals surface area (Å²) < 4.78 is 0. The molecular formula is C18H29NO. The van der Waals surface area contributed by atoms with Crippen molar-refractivity contribution in [1.82, 2.24) is 4.90 Å². The number of aliphatic hydroxyl groups excluding tert-OH is 1. The Morgan fingerprint density at radius 2 is 1.85 bits per heavy atom. The Labute approximate surface area is 123 Å². The molecule has 2 heteroatoms. The Morgan fingerprint density at radius 3 is 2.45 bits per heavy atom. The van der Waals surface area contributed by atoms with Crippen molar-refractivity contribution in [3.63, 3.8) is 0 Å². The Kier molecular flexibility index (Phi) is 5.22. The zero-order valence-corrected chi connectivity index (χ0v) is 13.4. The van der Waals surface area contributed by atoms with Crippen LogP contribution in [-0.2, 0) is 0 Å². The second-order valence-corrected chi connectivity index (χ2v) is 6.73. The van der Waals surface area contributed by atoms with Crippen molar-refractivity contribution < 1.29 is 5.11 Å². The van der Waals surface area contributed by atoms with Crippen LogP contribution >= 0.6 is 0 Å². The smallest absolute Gasteiger partial charge is 0.0919 e. The number of benzene rings is 1. The monoisotopic (exact) mass is 275 g/mol. The van der Waals surface area contributed by atoms with E-state index in [2.05, 4.69) is 50.9 Å². The molecule has 1 saturated carbocycles. The van der Waals surface area contributed by atoms with E-state index in [1.807, 2.05) is 0 Å². The van der Waals surface area contributed by atoms with E-state index in [0.717, 1.165) is 18.0 Å². The maximum Gasteiger partial charge on any atom is 0.0919 e. The van der Waals surface area contributed by atoms with Crippen LogP contribution in [0.3, 0.4) is 0 Å². The van der Waals surface area contributed by atoms with E-state index in [1.165, 1.54) is 36.8 Å². The number of rotatable bonds is 4. The van der Waals surface area contributed by atoms with Crippen molar-refractivity contribution in [3.8, 4) is 0 Å². The second-order valence-electron chi connectivity index (χ2n) is 6.73. The fourth-order valence-electron chi connectivity index (χ4n) is 3.40. The van der Waals surface area contributed by atoms with Gasteiger partial charge in [-0.2, -0.15) is 0 Å². The molecule has 2 nitrogen and oxygen atoms in total. The van der Waals surface area contributed by atoms with Gasteiger partial charge in [0.1, 0.15) is 0 Å². The highest BCUT2D eigenvalue weighted by atomic mass is 16.3. The first-order chi connectivity index (χ1) is 9.47. The van der Waals surface area contributed by atoms with Gasteiger partial charge in [0.25, 0.3) is 0 Å². The zero-order chi connectivity index (χ0) is 14.7. The Balaban J connectivity index is 1.95. The molecule has 1 N–H and O–H groups in total. The summed E-state index contributed by atoms with van der Waals surface area (Å²) in [6.45, 7) is 7.27. The van der Waals surface area contributed by atoms with Gasteiger partial charge in [-0.25, -0.2) is 0 Å². The summed E-state index contributed by atoms with van der Waals surface area (Å²) >= 11 is 0. The van der Waals surface area contributed by atoms with Crippen molar-refractivity contribution in [3.05, 3.63) is 34.9 Å². The van der Waals surface area contributed by atoms with Crippen LogP contribution in [0.4, 0.5) is 0 Å². The molecule has 0 aliphatic heterocycles. The largest absolute Gasteiger partial charge is 0.387 e. The average molecular weight is 275 g/mol. The molecule has 20 heavy (non-hydrogen) atoms. The second kappa shape index (κ2) is 6.73. The van der Waals surface area contributed by atoms with Crippen molar-refractivity contribution >= 4 is 0 Å². The van der Waals surface area contributed by atoms with Gasteiger partial charge in [-0.1, -0.05) is 30.7 Å². The number of aryl methyl sites for hydroxylation is 2. The molecule has 1 aromatic rings. The van der Waals surface area contributed by atoms with E-state index in [1.54, 1.807) is 0 Å². The summed E-state index contributed by atoms with van der Waals surface area (Å²) in [4.78, 5) is 2.36. The summed E-state index contributed by atoms with van der Waals surface area (Å²) in [5.41, 5.74) is 3.53. The van der Waals surface area contributed by atoms with Crippen molar-refractivity contribution in [2.75, 3.05) is 13.6 Å². The van der Waals surface area contributed by atoms with Gasteiger partial charge in [0, 0.05) is 12.6 Å². The number of hydrogen-bond acceptors (Lipinski definition) is 2. The Bertz CT molecular complexity index is 435. The normalized spacial score (nSPS) is 24.9.